The summed E-state index contributed by atoms with van der Waals surface area (Å²) in [6.07, 6.45) is 0. The van der Waals surface area contributed by atoms with Crippen molar-refractivity contribution in [2.45, 2.75) is 17.9 Å². The predicted molar refractivity (Wildman–Crippen MR) is 121 cm³/mol. The first-order chi connectivity index (χ1) is 15.3. The van der Waals surface area contributed by atoms with Crippen LogP contribution in [0.3, 0.4) is 0 Å². The third kappa shape index (κ3) is 4.42. The predicted octanol–water partition coefficient (Wildman–Crippen LogP) is 3.34. The maximum Gasteiger partial charge on any atom is 0.282 e. The van der Waals surface area contributed by atoms with Gasteiger partial charge in [-0.25, -0.2) is 18.5 Å². The highest BCUT2D eigenvalue weighted by atomic mass is 32.2. The van der Waals surface area contributed by atoms with Gasteiger partial charge in [-0.15, -0.1) is 11.3 Å². The molecule has 4 rings (SSSR count). The Bertz CT molecular complexity index is 1310. The maximum atomic E-state index is 12.9. The third-order valence-corrected chi connectivity index (χ3v) is 6.35. The van der Waals surface area contributed by atoms with Gasteiger partial charge in [-0.3, -0.25) is 4.79 Å². The minimum absolute atomic E-state index is 0.0336. The van der Waals surface area contributed by atoms with Gasteiger partial charge in [0.15, 0.2) is 6.04 Å². The molecule has 2 heterocycles. The summed E-state index contributed by atoms with van der Waals surface area (Å²) in [4.78, 5) is 17.4. The van der Waals surface area contributed by atoms with Crippen molar-refractivity contribution >= 4 is 43.8 Å². The van der Waals surface area contributed by atoms with E-state index in [1.165, 1.54) is 40.6 Å². The van der Waals surface area contributed by atoms with Gasteiger partial charge < -0.3 is 4.74 Å². The molecule has 2 aromatic carbocycles. The number of nitrogens with zero attached hydrogens (tertiary/aromatic N) is 5. The fourth-order valence-corrected chi connectivity index (χ4v) is 4.21. The van der Waals surface area contributed by atoms with Gasteiger partial charge in [0.05, 0.1) is 29.1 Å². The number of hydrogen-bond donors (Lipinski definition) is 1. The summed E-state index contributed by atoms with van der Waals surface area (Å²) in [5.74, 6) is 0.370. The molecule has 10 nitrogen and oxygen atoms in total. The number of amides is 1. The molecule has 1 unspecified atom stereocenters. The van der Waals surface area contributed by atoms with E-state index in [0.29, 0.717) is 22.2 Å². The molecule has 0 aliphatic carbocycles. The average Bonchev–Trinajstić information content (AvgIpc) is 3.37. The highest BCUT2D eigenvalue weighted by Crippen LogP contribution is 2.31. The molecule has 12 heteroatoms. The number of rotatable bonds is 6. The van der Waals surface area contributed by atoms with Crippen LogP contribution in [0.1, 0.15) is 6.92 Å². The number of methoxy groups -OCH3 is 1. The number of hydrogen-bond acceptors (Lipinski definition) is 9. The van der Waals surface area contributed by atoms with Crippen molar-refractivity contribution in [3.63, 3.8) is 0 Å². The first-order valence-corrected chi connectivity index (χ1v) is 11.7. The molecular formula is C20H18N6O4S2. The molecule has 0 bridgehead atoms. The van der Waals surface area contributed by atoms with E-state index in [9.17, 15) is 13.2 Å². The lowest BCUT2D eigenvalue weighted by Crippen LogP contribution is -2.29. The summed E-state index contributed by atoms with van der Waals surface area (Å²) in [5, 5.41) is 21.0. The van der Waals surface area contributed by atoms with Crippen LogP contribution >= 0.6 is 11.3 Å². The van der Waals surface area contributed by atoms with Crippen LogP contribution in [0.5, 0.6) is 5.75 Å². The molecular weight excluding hydrogens is 452 g/mol. The van der Waals surface area contributed by atoms with Crippen molar-refractivity contribution in [1.82, 2.24) is 4.98 Å². The Morgan fingerprint density at radius 3 is 2.44 bits per heavy atom. The second-order valence-corrected chi connectivity index (χ2v) is 9.19. The Morgan fingerprint density at radius 2 is 1.81 bits per heavy atom. The van der Waals surface area contributed by atoms with Crippen molar-refractivity contribution in [1.29, 1.82) is 0 Å². The molecule has 2 N–H and O–H groups in total. The van der Waals surface area contributed by atoms with Crippen molar-refractivity contribution in [2.24, 2.45) is 20.5 Å². The molecule has 1 aliphatic heterocycles. The number of anilines is 1. The van der Waals surface area contributed by atoms with E-state index in [0.717, 1.165) is 11.3 Å². The molecule has 0 saturated heterocycles. The number of hydrazone groups is 1. The van der Waals surface area contributed by atoms with Gasteiger partial charge in [0.2, 0.25) is 15.2 Å². The smallest absolute Gasteiger partial charge is 0.282 e. The number of thiazole rings is 1. The van der Waals surface area contributed by atoms with Crippen molar-refractivity contribution in [2.75, 3.05) is 12.1 Å². The van der Waals surface area contributed by atoms with E-state index >= 15 is 0 Å². The maximum absolute atomic E-state index is 12.9. The summed E-state index contributed by atoms with van der Waals surface area (Å²) < 4.78 is 27.8. The minimum Gasteiger partial charge on any atom is -0.497 e. The van der Waals surface area contributed by atoms with Crippen LogP contribution in [0, 0.1) is 0 Å². The zero-order chi connectivity index (χ0) is 22.9. The first kappa shape index (κ1) is 21.7. The zero-order valence-corrected chi connectivity index (χ0v) is 18.7. The largest absolute Gasteiger partial charge is 0.497 e. The fraction of sp³-hybridized carbons (Fsp3) is 0.150. The van der Waals surface area contributed by atoms with Gasteiger partial charge in [-0.05, 0) is 55.5 Å². The Balaban J connectivity index is 1.50. The normalized spacial score (nSPS) is 16.6. The SMILES string of the molecule is COc1ccc(-c2csc(N3N=C(C)C(N=Nc4ccc(S(N)(=O)=O)cc4)C3=O)n2)cc1. The topological polar surface area (TPSA) is 140 Å². The average molecular weight is 471 g/mol. The number of carbonyl (C=O) groups is 1. The van der Waals surface area contributed by atoms with E-state index in [-0.39, 0.29) is 10.8 Å². The van der Waals surface area contributed by atoms with Crippen LogP contribution in [-0.4, -0.2) is 38.2 Å². The lowest BCUT2D eigenvalue weighted by molar-refractivity contribution is -0.117. The van der Waals surface area contributed by atoms with Gasteiger partial charge in [-0.1, -0.05) is 0 Å². The van der Waals surface area contributed by atoms with E-state index in [2.05, 4.69) is 20.3 Å². The lowest BCUT2D eigenvalue weighted by Gasteiger charge is -2.08. The molecule has 0 spiro atoms. The van der Waals surface area contributed by atoms with E-state index < -0.39 is 16.1 Å². The second-order valence-electron chi connectivity index (χ2n) is 6.79. The minimum atomic E-state index is -3.79. The van der Waals surface area contributed by atoms with Crippen molar-refractivity contribution in [3.8, 4) is 17.0 Å². The molecule has 1 aliphatic rings. The Morgan fingerprint density at radius 1 is 1.12 bits per heavy atom. The number of ether oxygens (including phenoxy) is 1. The van der Waals surface area contributed by atoms with Crippen LogP contribution in [-0.2, 0) is 14.8 Å². The van der Waals surface area contributed by atoms with E-state index in [4.69, 9.17) is 9.88 Å². The highest BCUT2D eigenvalue weighted by Gasteiger charge is 2.36. The fourth-order valence-electron chi connectivity index (χ4n) is 2.91. The number of aromatic nitrogens is 1. The quantitative estimate of drug-likeness (QED) is 0.550. The van der Waals surface area contributed by atoms with Crippen LogP contribution in [0.15, 0.2) is 74.1 Å². The van der Waals surface area contributed by atoms with Crippen molar-refractivity contribution in [3.05, 3.63) is 53.9 Å². The summed E-state index contributed by atoms with van der Waals surface area (Å²) in [6, 6.07) is 12.1. The van der Waals surface area contributed by atoms with Crippen LogP contribution in [0.4, 0.5) is 10.8 Å². The second kappa shape index (κ2) is 8.57. The summed E-state index contributed by atoms with van der Waals surface area (Å²) in [6.45, 7) is 1.68. The summed E-state index contributed by atoms with van der Waals surface area (Å²) in [7, 11) is -2.19. The number of benzene rings is 2. The number of primary sulfonamides is 1. The van der Waals surface area contributed by atoms with E-state index in [1.54, 1.807) is 14.0 Å². The van der Waals surface area contributed by atoms with Gasteiger partial charge in [0.25, 0.3) is 5.91 Å². The molecule has 1 atom stereocenters. The first-order valence-electron chi connectivity index (χ1n) is 9.29. The van der Waals surface area contributed by atoms with Gasteiger partial charge >= 0.3 is 0 Å². The van der Waals surface area contributed by atoms with Crippen LogP contribution in [0.2, 0.25) is 0 Å². The zero-order valence-electron chi connectivity index (χ0n) is 17.0. The Kier molecular flexibility index (Phi) is 5.82. The van der Waals surface area contributed by atoms with Crippen LogP contribution < -0.4 is 14.9 Å². The number of azo groups is 1. The molecule has 32 heavy (non-hydrogen) atoms. The molecule has 1 aromatic heterocycles. The Hall–Kier alpha value is -3.48. The van der Waals surface area contributed by atoms with Gasteiger partial charge in [0.1, 0.15) is 5.75 Å². The van der Waals surface area contributed by atoms with E-state index in [1.807, 2.05) is 29.6 Å². The highest BCUT2D eigenvalue weighted by molar-refractivity contribution is 7.89. The Labute approximate surface area is 188 Å². The standard InChI is InChI=1S/C20H18N6O4S2/c1-12-18(24-23-14-5-9-16(10-6-14)32(21,28)29)19(27)26(25-12)20-22-17(11-31-20)13-3-7-15(30-2)8-4-13/h3-11,18H,1-2H3,(H2,21,28,29). The summed E-state index contributed by atoms with van der Waals surface area (Å²) in [5.41, 5.74) is 2.46. The van der Waals surface area contributed by atoms with Gasteiger partial charge in [-0.2, -0.15) is 20.3 Å². The monoisotopic (exact) mass is 470 g/mol. The molecule has 164 valence electrons. The number of sulfonamides is 1. The third-order valence-electron chi connectivity index (χ3n) is 4.61. The number of carbonyl (C=O) groups excluding carboxylic acids is 1. The van der Waals surface area contributed by atoms with Gasteiger partial charge in [0, 0.05) is 10.9 Å². The summed E-state index contributed by atoms with van der Waals surface area (Å²) >= 11 is 1.29. The number of nitrogens with two attached hydrogens (primary N) is 1. The lowest BCUT2D eigenvalue weighted by atomic mass is 10.2. The molecule has 0 fully saturated rings. The van der Waals surface area contributed by atoms with Crippen LogP contribution in [0.25, 0.3) is 11.3 Å². The molecule has 0 radical (unpaired) electrons. The van der Waals surface area contributed by atoms with Crippen molar-refractivity contribution < 1.29 is 17.9 Å². The molecule has 0 saturated carbocycles. The molecule has 1 amide bonds. The molecule has 3 aromatic rings.